The molecule has 10 heteroatoms. The zero-order chi connectivity index (χ0) is 25.4. The highest BCUT2D eigenvalue weighted by Crippen LogP contribution is 2.23. The van der Waals surface area contributed by atoms with Crippen LogP contribution in [0, 0.1) is 0 Å². The number of benzene rings is 1. The number of anilines is 2. The number of ether oxygens (including phenoxy) is 1. The third-order valence-electron chi connectivity index (χ3n) is 5.86. The van der Waals surface area contributed by atoms with E-state index in [1.54, 1.807) is 13.3 Å². The van der Waals surface area contributed by atoms with Gasteiger partial charge in [-0.1, -0.05) is 32.4 Å². The summed E-state index contributed by atoms with van der Waals surface area (Å²) in [5.41, 5.74) is 7.90. The molecule has 1 atom stereocenters. The van der Waals surface area contributed by atoms with Gasteiger partial charge < -0.3 is 20.9 Å². The van der Waals surface area contributed by atoms with E-state index in [9.17, 15) is 9.90 Å². The maximum Gasteiger partial charge on any atom is 0.280 e. The molecule has 0 aliphatic rings. The molecule has 0 amide bonds. The van der Waals surface area contributed by atoms with Crippen molar-refractivity contribution in [3.8, 4) is 5.75 Å². The average Bonchev–Trinajstić information content (AvgIpc) is 2.81. The second kappa shape index (κ2) is 12.5. The molecule has 0 fully saturated rings. The number of rotatable bonds is 13. The number of aliphatic hydroxyl groups excluding tert-OH is 1. The first-order valence-electron chi connectivity index (χ1n) is 12.2. The number of hydrogen-bond acceptors (Lipinski definition) is 9. The zero-order valence-corrected chi connectivity index (χ0v) is 21.1. The van der Waals surface area contributed by atoms with Gasteiger partial charge in [-0.15, -0.1) is 0 Å². The van der Waals surface area contributed by atoms with Crippen molar-refractivity contribution in [1.29, 1.82) is 0 Å². The predicted molar refractivity (Wildman–Crippen MR) is 139 cm³/mol. The van der Waals surface area contributed by atoms with Crippen molar-refractivity contribution >= 4 is 22.7 Å². The Morgan fingerprint density at radius 3 is 2.71 bits per heavy atom. The number of fused-ring (bicyclic) bond motifs is 1. The van der Waals surface area contributed by atoms with Crippen molar-refractivity contribution in [2.24, 2.45) is 0 Å². The van der Waals surface area contributed by atoms with Crippen molar-refractivity contribution in [2.75, 3.05) is 37.9 Å². The van der Waals surface area contributed by atoms with Crippen LogP contribution < -0.4 is 21.3 Å². The first-order valence-corrected chi connectivity index (χ1v) is 12.2. The molecule has 35 heavy (non-hydrogen) atoms. The topological polar surface area (TPSA) is 131 Å². The monoisotopic (exact) mass is 483 g/mol. The Morgan fingerprint density at radius 2 is 2.03 bits per heavy atom. The van der Waals surface area contributed by atoms with Crippen LogP contribution in [0.2, 0.25) is 0 Å². The molecular weight excluding hydrogens is 446 g/mol. The van der Waals surface area contributed by atoms with Gasteiger partial charge in [0.05, 0.1) is 26.5 Å². The van der Waals surface area contributed by atoms with E-state index in [0.29, 0.717) is 35.6 Å². The molecule has 10 nitrogen and oxygen atoms in total. The summed E-state index contributed by atoms with van der Waals surface area (Å²) in [7, 11) is 1.62. The number of nitrogens with zero attached hydrogens (tertiary/aromatic N) is 5. The highest BCUT2D eigenvalue weighted by Gasteiger charge is 2.16. The van der Waals surface area contributed by atoms with Crippen LogP contribution in [0.15, 0.2) is 29.2 Å². The van der Waals surface area contributed by atoms with Gasteiger partial charge in [0.1, 0.15) is 22.5 Å². The minimum atomic E-state index is -0.295. The minimum Gasteiger partial charge on any atom is -0.496 e. The van der Waals surface area contributed by atoms with Gasteiger partial charge in [-0.2, -0.15) is 10.1 Å². The number of methoxy groups -OCH3 is 1. The van der Waals surface area contributed by atoms with Crippen molar-refractivity contribution in [3.63, 3.8) is 0 Å². The Morgan fingerprint density at radius 1 is 1.23 bits per heavy atom. The Balaban J connectivity index is 1.93. The molecule has 4 N–H and O–H groups in total. The lowest BCUT2D eigenvalue weighted by molar-refractivity contribution is 0.190. The standard InChI is InChI=1S/C25H37N7O3/c1-5-7-17(3)28-23-22-20(29-25(26)30-23)14-27-32(24(22)34)16-19-9-8-18(13-21(19)35-4)15-31(10-6-2)11-12-33/h8-9,13-14,17,33H,5-7,10-12,15-16H2,1-4H3,(H3,26,28,29,30)/t17-/m0/s1. The quantitative estimate of drug-likeness (QED) is 0.336. The molecule has 1 aromatic carbocycles. The average molecular weight is 484 g/mol. The van der Waals surface area contributed by atoms with E-state index in [1.165, 1.54) is 4.68 Å². The zero-order valence-electron chi connectivity index (χ0n) is 21.1. The number of hydrogen-bond donors (Lipinski definition) is 3. The molecule has 190 valence electrons. The van der Waals surface area contributed by atoms with E-state index < -0.39 is 0 Å². The molecule has 0 aliphatic heterocycles. The summed E-state index contributed by atoms with van der Waals surface area (Å²) in [6, 6.07) is 6.08. The smallest absolute Gasteiger partial charge is 0.280 e. The molecule has 0 radical (unpaired) electrons. The van der Waals surface area contributed by atoms with Crippen LogP contribution in [-0.2, 0) is 13.1 Å². The van der Waals surface area contributed by atoms with E-state index in [-0.39, 0.29) is 30.7 Å². The maximum absolute atomic E-state index is 13.4. The molecule has 3 aromatic rings. The largest absolute Gasteiger partial charge is 0.496 e. The van der Waals surface area contributed by atoms with Crippen LogP contribution in [-0.4, -0.2) is 62.6 Å². The number of nitrogens with one attached hydrogen (secondary N) is 1. The van der Waals surface area contributed by atoms with Crippen molar-refractivity contribution in [1.82, 2.24) is 24.6 Å². The summed E-state index contributed by atoms with van der Waals surface area (Å²) in [5.74, 6) is 1.20. The van der Waals surface area contributed by atoms with Gasteiger partial charge in [-0.05, 0) is 37.9 Å². The summed E-state index contributed by atoms with van der Waals surface area (Å²) in [4.78, 5) is 24.1. The van der Waals surface area contributed by atoms with E-state index >= 15 is 0 Å². The lowest BCUT2D eigenvalue weighted by Gasteiger charge is -2.21. The van der Waals surface area contributed by atoms with Gasteiger partial charge in [0.25, 0.3) is 5.56 Å². The second-order valence-electron chi connectivity index (χ2n) is 8.78. The summed E-state index contributed by atoms with van der Waals surface area (Å²) in [6.45, 7) is 8.86. The van der Waals surface area contributed by atoms with Crippen LogP contribution in [0.5, 0.6) is 5.75 Å². The molecular formula is C25H37N7O3. The van der Waals surface area contributed by atoms with Crippen LogP contribution in [0.1, 0.15) is 51.2 Å². The van der Waals surface area contributed by atoms with Gasteiger partial charge in [0.15, 0.2) is 0 Å². The summed E-state index contributed by atoms with van der Waals surface area (Å²) in [5, 5.41) is 17.3. The normalized spacial score (nSPS) is 12.3. The molecule has 0 saturated carbocycles. The fraction of sp³-hybridized carbons (Fsp3) is 0.520. The van der Waals surface area contributed by atoms with Crippen LogP contribution in [0.25, 0.3) is 10.9 Å². The molecule has 0 saturated heterocycles. The first kappa shape index (κ1) is 26.4. The third kappa shape index (κ3) is 6.67. The Labute approximate surface area is 206 Å². The first-order chi connectivity index (χ1) is 16.9. The summed E-state index contributed by atoms with van der Waals surface area (Å²) < 4.78 is 7.03. The van der Waals surface area contributed by atoms with Gasteiger partial charge in [-0.3, -0.25) is 9.69 Å². The number of aromatic nitrogens is 4. The molecule has 0 bridgehead atoms. The highest BCUT2D eigenvalue weighted by molar-refractivity contribution is 5.88. The fourth-order valence-corrected chi connectivity index (χ4v) is 4.23. The summed E-state index contributed by atoms with van der Waals surface area (Å²) >= 11 is 0. The fourth-order valence-electron chi connectivity index (χ4n) is 4.23. The highest BCUT2D eigenvalue weighted by atomic mass is 16.5. The molecule has 0 spiro atoms. The minimum absolute atomic E-state index is 0.0956. The van der Waals surface area contributed by atoms with E-state index in [0.717, 1.165) is 36.9 Å². The number of aliphatic hydroxyl groups is 1. The molecule has 0 unspecified atom stereocenters. The third-order valence-corrected chi connectivity index (χ3v) is 5.86. The van der Waals surface area contributed by atoms with E-state index in [1.807, 2.05) is 25.1 Å². The Hall–Kier alpha value is -3.24. The van der Waals surface area contributed by atoms with Crippen molar-refractivity contribution < 1.29 is 9.84 Å². The van der Waals surface area contributed by atoms with Crippen LogP contribution in [0.3, 0.4) is 0 Å². The predicted octanol–water partition coefficient (Wildman–Crippen LogP) is 2.63. The van der Waals surface area contributed by atoms with Gasteiger partial charge in [0.2, 0.25) is 5.95 Å². The SMILES string of the molecule is CCC[C@H](C)Nc1nc(N)nc2cnn(Cc3ccc(CN(CCC)CCO)cc3OC)c(=O)c12. The number of nitrogens with two attached hydrogens (primary N) is 1. The molecule has 3 rings (SSSR count). The lowest BCUT2D eigenvalue weighted by atomic mass is 10.1. The van der Waals surface area contributed by atoms with Crippen molar-refractivity contribution in [2.45, 2.75) is 59.2 Å². The van der Waals surface area contributed by atoms with Gasteiger partial charge in [0, 0.05) is 24.7 Å². The molecule has 0 aliphatic carbocycles. The maximum atomic E-state index is 13.4. The Kier molecular flexibility index (Phi) is 9.39. The van der Waals surface area contributed by atoms with E-state index in [4.69, 9.17) is 10.5 Å². The van der Waals surface area contributed by atoms with Crippen LogP contribution >= 0.6 is 0 Å². The van der Waals surface area contributed by atoms with Crippen LogP contribution in [0.4, 0.5) is 11.8 Å². The van der Waals surface area contributed by atoms with Crippen molar-refractivity contribution in [3.05, 3.63) is 45.9 Å². The Bertz CT molecular complexity index is 1180. The number of nitrogen functional groups attached to an aromatic ring is 1. The lowest BCUT2D eigenvalue weighted by Crippen LogP contribution is -2.27. The van der Waals surface area contributed by atoms with Gasteiger partial charge in [-0.25, -0.2) is 9.67 Å². The molecule has 2 aromatic heterocycles. The van der Waals surface area contributed by atoms with Gasteiger partial charge >= 0.3 is 0 Å². The van der Waals surface area contributed by atoms with E-state index in [2.05, 4.69) is 39.1 Å². The second-order valence-corrected chi connectivity index (χ2v) is 8.78. The summed E-state index contributed by atoms with van der Waals surface area (Å²) in [6.07, 6.45) is 4.49. The molecule has 2 heterocycles.